The number of morpholine rings is 1. The summed E-state index contributed by atoms with van der Waals surface area (Å²) in [6.07, 6.45) is 1.35. The van der Waals surface area contributed by atoms with Crippen molar-refractivity contribution in [2.24, 2.45) is 0 Å². The number of aromatic nitrogens is 2. The second kappa shape index (κ2) is 5.70. The minimum Gasteiger partial charge on any atom is -0.490 e. The summed E-state index contributed by atoms with van der Waals surface area (Å²) in [6.45, 7) is 1.35. The summed E-state index contributed by atoms with van der Waals surface area (Å²) >= 11 is 0. The lowest BCUT2D eigenvalue weighted by atomic mass is 10.2. The van der Waals surface area contributed by atoms with Crippen LogP contribution in [-0.4, -0.2) is 55.8 Å². The van der Waals surface area contributed by atoms with Crippen molar-refractivity contribution in [1.29, 1.82) is 0 Å². The van der Waals surface area contributed by atoms with Gasteiger partial charge in [-0.25, -0.2) is 9.97 Å². The number of nitrogens with zero attached hydrogens (tertiary/aromatic N) is 3. The fourth-order valence-electron chi connectivity index (χ4n) is 2.02. The fourth-order valence-corrected chi connectivity index (χ4v) is 2.02. The minimum atomic E-state index is -0.457. The second-order valence-corrected chi connectivity index (χ2v) is 4.01. The van der Waals surface area contributed by atoms with E-state index in [-0.39, 0.29) is 11.7 Å². The van der Waals surface area contributed by atoms with E-state index in [1.54, 1.807) is 7.05 Å². The Morgan fingerprint density at radius 2 is 2.42 bits per heavy atom. The summed E-state index contributed by atoms with van der Waals surface area (Å²) in [5, 5.41) is 2.61. The van der Waals surface area contributed by atoms with Crippen LogP contribution in [-0.2, 0) is 9.53 Å². The van der Waals surface area contributed by atoms with Gasteiger partial charge in [0.2, 0.25) is 11.7 Å². The van der Waals surface area contributed by atoms with Crippen molar-refractivity contribution < 1.29 is 14.3 Å². The van der Waals surface area contributed by atoms with Gasteiger partial charge in [0.05, 0.1) is 20.3 Å². The molecule has 1 aliphatic heterocycles. The van der Waals surface area contributed by atoms with Gasteiger partial charge in [-0.3, -0.25) is 4.79 Å². The summed E-state index contributed by atoms with van der Waals surface area (Å²) in [5.74, 6) is 0.985. The van der Waals surface area contributed by atoms with Crippen LogP contribution in [0.2, 0.25) is 0 Å². The number of carbonyl (C=O) groups is 1. The molecule has 1 aromatic heterocycles. The van der Waals surface area contributed by atoms with Crippen LogP contribution in [0, 0.1) is 0 Å². The van der Waals surface area contributed by atoms with Gasteiger partial charge in [0.25, 0.3) is 0 Å². The molecule has 8 heteroatoms. The Hall–Kier alpha value is -2.09. The van der Waals surface area contributed by atoms with Crippen molar-refractivity contribution in [3.05, 3.63) is 6.33 Å². The average Bonchev–Trinajstić information content (AvgIpc) is 2.46. The number of hydrogen-bond donors (Lipinski definition) is 2. The maximum atomic E-state index is 11.9. The summed E-state index contributed by atoms with van der Waals surface area (Å²) in [4.78, 5) is 21.8. The third kappa shape index (κ3) is 2.53. The normalized spacial score (nSPS) is 19.1. The largest absolute Gasteiger partial charge is 0.490 e. The topological polar surface area (TPSA) is 103 Å². The highest BCUT2D eigenvalue weighted by Crippen LogP contribution is 2.31. The molecule has 0 bridgehead atoms. The van der Waals surface area contributed by atoms with Gasteiger partial charge in [0.1, 0.15) is 12.4 Å². The number of carbonyl (C=O) groups excluding carboxylic acids is 1. The quantitative estimate of drug-likeness (QED) is 0.725. The molecular weight excluding hydrogens is 250 g/mol. The number of hydrogen-bond acceptors (Lipinski definition) is 7. The number of likely N-dealkylation sites (N-methyl/N-ethyl adjacent to an activating group) is 1. The lowest BCUT2D eigenvalue weighted by molar-refractivity contribution is -0.124. The Balaban J connectivity index is 2.37. The SMILES string of the molecule is CNC(=O)C1COCCN1c1ncnc(N)c1OC. The van der Waals surface area contributed by atoms with Crippen molar-refractivity contribution in [3.8, 4) is 5.75 Å². The fraction of sp³-hybridized carbons (Fsp3) is 0.545. The molecule has 2 heterocycles. The molecule has 2 rings (SSSR count). The van der Waals surface area contributed by atoms with E-state index in [4.69, 9.17) is 15.2 Å². The molecule has 0 spiro atoms. The number of nitrogens with two attached hydrogens (primary N) is 1. The number of methoxy groups -OCH3 is 1. The number of ether oxygens (including phenoxy) is 2. The van der Waals surface area contributed by atoms with Gasteiger partial charge in [-0.05, 0) is 0 Å². The Labute approximate surface area is 110 Å². The minimum absolute atomic E-state index is 0.140. The Kier molecular flexibility index (Phi) is 4.00. The van der Waals surface area contributed by atoms with Gasteiger partial charge in [0.15, 0.2) is 11.6 Å². The van der Waals surface area contributed by atoms with Crippen molar-refractivity contribution >= 4 is 17.5 Å². The maximum absolute atomic E-state index is 11.9. The number of nitrogen functional groups attached to an aromatic ring is 1. The van der Waals surface area contributed by atoms with Crippen LogP contribution >= 0.6 is 0 Å². The predicted molar refractivity (Wildman–Crippen MR) is 69.0 cm³/mol. The monoisotopic (exact) mass is 267 g/mol. The van der Waals surface area contributed by atoms with Crippen molar-refractivity contribution in [2.45, 2.75) is 6.04 Å². The third-order valence-electron chi connectivity index (χ3n) is 2.97. The van der Waals surface area contributed by atoms with E-state index in [2.05, 4.69) is 15.3 Å². The molecule has 1 aromatic rings. The first-order chi connectivity index (χ1) is 9.19. The molecule has 1 unspecified atom stereocenters. The molecule has 1 amide bonds. The first-order valence-corrected chi connectivity index (χ1v) is 5.89. The van der Waals surface area contributed by atoms with Crippen molar-refractivity contribution in [2.75, 3.05) is 44.5 Å². The molecule has 8 nitrogen and oxygen atoms in total. The number of nitrogens with one attached hydrogen (secondary N) is 1. The Bertz CT molecular complexity index is 468. The molecule has 1 saturated heterocycles. The highest BCUT2D eigenvalue weighted by atomic mass is 16.5. The van der Waals surface area contributed by atoms with E-state index in [9.17, 15) is 4.79 Å². The van der Waals surface area contributed by atoms with Crippen molar-refractivity contribution in [3.63, 3.8) is 0 Å². The standard InChI is InChI=1S/C11H17N5O3/c1-13-11(17)7-5-19-4-3-16(7)10-8(18-2)9(12)14-6-15-10/h6-7H,3-5H2,1-2H3,(H,13,17)(H2,12,14,15). The average molecular weight is 267 g/mol. The van der Waals surface area contributed by atoms with E-state index in [0.717, 1.165) is 0 Å². The zero-order valence-corrected chi connectivity index (χ0v) is 10.9. The van der Waals surface area contributed by atoms with E-state index in [1.807, 2.05) is 4.90 Å². The first-order valence-electron chi connectivity index (χ1n) is 5.89. The van der Waals surface area contributed by atoms with Gasteiger partial charge >= 0.3 is 0 Å². The van der Waals surface area contributed by atoms with Crippen LogP contribution in [0.5, 0.6) is 5.75 Å². The van der Waals surface area contributed by atoms with E-state index >= 15 is 0 Å². The van der Waals surface area contributed by atoms with E-state index < -0.39 is 6.04 Å². The number of rotatable bonds is 3. The first kappa shape index (κ1) is 13.3. The summed E-state index contributed by atoms with van der Waals surface area (Å²) in [7, 11) is 3.08. The lowest BCUT2D eigenvalue weighted by Gasteiger charge is -2.35. The summed E-state index contributed by atoms with van der Waals surface area (Å²) < 4.78 is 10.6. The van der Waals surface area contributed by atoms with Gasteiger partial charge < -0.3 is 25.4 Å². The molecular formula is C11H17N5O3. The van der Waals surface area contributed by atoms with Crippen LogP contribution < -0.4 is 20.7 Å². The predicted octanol–water partition coefficient (Wildman–Crippen LogP) is -0.981. The smallest absolute Gasteiger partial charge is 0.244 e. The highest BCUT2D eigenvalue weighted by molar-refractivity contribution is 5.86. The van der Waals surface area contributed by atoms with Crippen molar-refractivity contribution in [1.82, 2.24) is 15.3 Å². The van der Waals surface area contributed by atoms with E-state index in [1.165, 1.54) is 13.4 Å². The van der Waals surface area contributed by atoms with Gasteiger partial charge in [-0.1, -0.05) is 0 Å². The molecule has 1 aliphatic rings. The third-order valence-corrected chi connectivity index (χ3v) is 2.97. The van der Waals surface area contributed by atoms with Crippen LogP contribution in [0.3, 0.4) is 0 Å². The molecule has 104 valence electrons. The van der Waals surface area contributed by atoms with Gasteiger partial charge in [0, 0.05) is 13.6 Å². The molecule has 0 aromatic carbocycles. The molecule has 1 fully saturated rings. The molecule has 0 aliphatic carbocycles. The van der Waals surface area contributed by atoms with Gasteiger partial charge in [-0.2, -0.15) is 0 Å². The second-order valence-electron chi connectivity index (χ2n) is 4.01. The van der Waals surface area contributed by atoms with Crippen LogP contribution in [0.15, 0.2) is 6.33 Å². The maximum Gasteiger partial charge on any atom is 0.244 e. The molecule has 19 heavy (non-hydrogen) atoms. The molecule has 3 N–H and O–H groups in total. The van der Waals surface area contributed by atoms with E-state index in [0.29, 0.717) is 31.3 Å². The summed E-state index contributed by atoms with van der Waals surface area (Å²) in [5.41, 5.74) is 5.76. The molecule has 0 radical (unpaired) electrons. The molecule has 1 atom stereocenters. The van der Waals surface area contributed by atoms with Crippen LogP contribution in [0.25, 0.3) is 0 Å². The highest BCUT2D eigenvalue weighted by Gasteiger charge is 2.32. The van der Waals surface area contributed by atoms with Gasteiger partial charge in [-0.15, -0.1) is 0 Å². The number of amides is 1. The summed E-state index contributed by atoms with van der Waals surface area (Å²) in [6, 6.07) is -0.457. The Morgan fingerprint density at radius 3 is 3.11 bits per heavy atom. The number of anilines is 2. The van der Waals surface area contributed by atoms with Crippen LogP contribution in [0.4, 0.5) is 11.6 Å². The van der Waals surface area contributed by atoms with Crippen LogP contribution in [0.1, 0.15) is 0 Å². The Morgan fingerprint density at radius 1 is 1.63 bits per heavy atom. The molecule has 0 saturated carbocycles. The zero-order valence-electron chi connectivity index (χ0n) is 10.9. The zero-order chi connectivity index (χ0) is 13.8. The lowest BCUT2D eigenvalue weighted by Crippen LogP contribution is -2.53.